The van der Waals surface area contributed by atoms with Gasteiger partial charge in [0.2, 0.25) is 0 Å². The summed E-state index contributed by atoms with van der Waals surface area (Å²) >= 11 is 0. The van der Waals surface area contributed by atoms with Gasteiger partial charge >= 0.3 is 5.97 Å². The number of nitrogens with one attached hydrogen (secondary N) is 1. The summed E-state index contributed by atoms with van der Waals surface area (Å²) in [6.07, 6.45) is 0. The van der Waals surface area contributed by atoms with Gasteiger partial charge in [0, 0.05) is 5.69 Å². The lowest BCUT2D eigenvalue weighted by Crippen LogP contribution is -2.06. The molecule has 0 aliphatic heterocycles. The van der Waals surface area contributed by atoms with Gasteiger partial charge in [0.15, 0.2) is 5.57 Å². The van der Waals surface area contributed by atoms with E-state index >= 15 is 0 Å². The van der Waals surface area contributed by atoms with Crippen molar-refractivity contribution in [2.75, 3.05) is 5.32 Å². The molecular formula is C13H8N4O2. The summed E-state index contributed by atoms with van der Waals surface area (Å²) in [4.78, 5) is 11.0. The largest absolute Gasteiger partial charge is 0.478 e. The zero-order chi connectivity index (χ0) is 14.4. The van der Waals surface area contributed by atoms with Gasteiger partial charge in [-0.1, -0.05) is 6.07 Å². The number of carboxylic acid groups (broad SMARTS) is 1. The molecule has 1 aromatic rings. The number of rotatable bonds is 3. The molecule has 1 aromatic carbocycles. The Bertz CT molecular complexity index is 668. The van der Waals surface area contributed by atoms with Crippen LogP contribution in [-0.4, -0.2) is 11.1 Å². The van der Waals surface area contributed by atoms with E-state index in [2.05, 4.69) is 5.32 Å². The summed E-state index contributed by atoms with van der Waals surface area (Å²) in [7, 11) is 0. The molecule has 0 bridgehead atoms. The van der Waals surface area contributed by atoms with Crippen LogP contribution < -0.4 is 5.32 Å². The number of nitriles is 3. The van der Waals surface area contributed by atoms with E-state index in [4.69, 9.17) is 20.9 Å². The molecule has 0 fully saturated rings. The van der Waals surface area contributed by atoms with Gasteiger partial charge in [-0.05, 0) is 24.6 Å². The molecule has 1 rings (SSSR count). The van der Waals surface area contributed by atoms with Crippen LogP contribution in [0.4, 0.5) is 5.69 Å². The maximum atomic E-state index is 11.0. The second kappa shape index (κ2) is 5.86. The second-order valence-corrected chi connectivity index (χ2v) is 3.49. The van der Waals surface area contributed by atoms with Crippen molar-refractivity contribution < 1.29 is 9.90 Å². The Balaban J connectivity index is 3.30. The second-order valence-electron chi connectivity index (χ2n) is 3.49. The van der Waals surface area contributed by atoms with Gasteiger partial charge in [0.05, 0.1) is 5.56 Å². The van der Waals surface area contributed by atoms with E-state index in [9.17, 15) is 4.79 Å². The predicted molar refractivity (Wildman–Crippen MR) is 65.6 cm³/mol. The normalized spacial score (nSPS) is 8.53. The molecule has 0 saturated carbocycles. The lowest BCUT2D eigenvalue weighted by atomic mass is 10.1. The molecule has 2 N–H and O–H groups in total. The highest BCUT2D eigenvalue weighted by molar-refractivity contribution is 5.91. The Hall–Kier alpha value is -3.30. The molecule has 0 atom stereocenters. The molecule has 0 radical (unpaired) electrons. The summed E-state index contributed by atoms with van der Waals surface area (Å²) in [5, 5.41) is 37.9. The average Bonchev–Trinajstić information content (AvgIpc) is 2.40. The number of hydrogen-bond acceptors (Lipinski definition) is 5. The molecule has 0 saturated heterocycles. The topological polar surface area (TPSA) is 121 Å². The molecule has 0 aliphatic rings. The third kappa shape index (κ3) is 2.88. The third-order valence-electron chi connectivity index (χ3n) is 2.41. The standard InChI is InChI=1S/C13H8N4O2/c1-8-10(13(18)19)3-2-4-11(8)17-12(7-16)9(5-14)6-15/h2-4,17H,1H3,(H,18,19). The van der Waals surface area contributed by atoms with Crippen molar-refractivity contribution in [3.63, 3.8) is 0 Å². The lowest BCUT2D eigenvalue weighted by molar-refractivity contribution is 0.0696. The van der Waals surface area contributed by atoms with Gasteiger partial charge < -0.3 is 10.4 Å². The summed E-state index contributed by atoms with van der Waals surface area (Å²) in [6.45, 7) is 1.57. The highest BCUT2D eigenvalue weighted by atomic mass is 16.4. The minimum absolute atomic E-state index is 0.0813. The Kier molecular flexibility index (Phi) is 4.24. The quantitative estimate of drug-likeness (QED) is 0.793. The van der Waals surface area contributed by atoms with Crippen molar-refractivity contribution in [3.8, 4) is 18.2 Å². The van der Waals surface area contributed by atoms with E-state index in [0.29, 0.717) is 11.3 Å². The summed E-state index contributed by atoms with van der Waals surface area (Å²) < 4.78 is 0. The number of hydrogen-bond donors (Lipinski definition) is 2. The van der Waals surface area contributed by atoms with Gasteiger partial charge in [0.1, 0.15) is 23.9 Å². The van der Waals surface area contributed by atoms with Gasteiger partial charge in [0.25, 0.3) is 0 Å². The Morgan fingerprint density at radius 2 is 1.84 bits per heavy atom. The molecule has 0 aromatic heterocycles. The van der Waals surface area contributed by atoms with Crippen LogP contribution in [-0.2, 0) is 0 Å². The van der Waals surface area contributed by atoms with Crippen molar-refractivity contribution in [2.45, 2.75) is 6.92 Å². The minimum atomic E-state index is -1.09. The molecule has 0 amide bonds. The molecule has 92 valence electrons. The fraction of sp³-hybridized carbons (Fsp3) is 0.0769. The van der Waals surface area contributed by atoms with Crippen LogP contribution in [0.3, 0.4) is 0 Å². The molecule has 0 spiro atoms. The summed E-state index contributed by atoms with van der Waals surface area (Å²) in [6, 6.07) is 9.39. The number of aromatic carboxylic acids is 1. The van der Waals surface area contributed by atoms with Gasteiger partial charge in [-0.25, -0.2) is 4.79 Å². The molecule has 6 nitrogen and oxygen atoms in total. The van der Waals surface area contributed by atoms with Crippen molar-refractivity contribution in [1.29, 1.82) is 15.8 Å². The third-order valence-corrected chi connectivity index (χ3v) is 2.41. The molecule has 0 aliphatic carbocycles. The number of allylic oxidation sites excluding steroid dienone is 2. The van der Waals surface area contributed by atoms with Crippen molar-refractivity contribution in [2.24, 2.45) is 0 Å². The van der Waals surface area contributed by atoms with Gasteiger partial charge in [-0.2, -0.15) is 15.8 Å². The smallest absolute Gasteiger partial charge is 0.336 e. The zero-order valence-corrected chi connectivity index (χ0v) is 9.93. The van der Waals surface area contributed by atoms with Crippen molar-refractivity contribution in [1.82, 2.24) is 0 Å². The van der Waals surface area contributed by atoms with Crippen LogP contribution in [0, 0.1) is 40.9 Å². The van der Waals surface area contributed by atoms with E-state index in [1.54, 1.807) is 31.2 Å². The first kappa shape index (κ1) is 13.8. The van der Waals surface area contributed by atoms with E-state index in [1.807, 2.05) is 0 Å². The Labute approximate surface area is 109 Å². The van der Waals surface area contributed by atoms with Gasteiger partial charge in [-0.3, -0.25) is 0 Å². The molecule has 0 heterocycles. The molecule has 19 heavy (non-hydrogen) atoms. The lowest BCUT2D eigenvalue weighted by Gasteiger charge is -2.10. The van der Waals surface area contributed by atoms with Crippen LogP contribution >= 0.6 is 0 Å². The predicted octanol–water partition coefficient (Wildman–Crippen LogP) is 1.93. The Morgan fingerprint density at radius 1 is 1.21 bits per heavy atom. The van der Waals surface area contributed by atoms with E-state index < -0.39 is 5.97 Å². The average molecular weight is 252 g/mol. The van der Waals surface area contributed by atoms with Crippen molar-refractivity contribution >= 4 is 11.7 Å². The first-order valence-electron chi connectivity index (χ1n) is 5.09. The van der Waals surface area contributed by atoms with Crippen LogP contribution in [0.5, 0.6) is 0 Å². The van der Waals surface area contributed by atoms with Crippen LogP contribution in [0.1, 0.15) is 15.9 Å². The van der Waals surface area contributed by atoms with Crippen LogP contribution in [0.15, 0.2) is 29.5 Å². The maximum absolute atomic E-state index is 11.0. The summed E-state index contributed by atoms with van der Waals surface area (Å²) in [5.74, 6) is -1.09. The van der Waals surface area contributed by atoms with E-state index in [-0.39, 0.29) is 16.8 Å². The summed E-state index contributed by atoms with van der Waals surface area (Å²) in [5.41, 5.74) is 0.286. The SMILES string of the molecule is Cc1c(NC(C#N)=C(C#N)C#N)cccc1C(=O)O. The number of anilines is 1. The highest BCUT2D eigenvalue weighted by Gasteiger charge is 2.12. The highest BCUT2D eigenvalue weighted by Crippen LogP contribution is 2.21. The first-order valence-corrected chi connectivity index (χ1v) is 5.09. The molecule has 6 heteroatoms. The monoisotopic (exact) mass is 252 g/mol. The first-order chi connectivity index (χ1) is 9.04. The maximum Gasteiger partial charge on any atom is 0.336 e. The van der Waals surface area contributed by atoms with E-state index in [0.717, 1.165) is 0 Å². The van der Waals surface area contributed by atoms with Crippen LogP contribution in [0.2, 0.25) is 0 Å². The fourth-order valence-corrected chi connectivity index (χ4v) is 1.42. The number of benzene rings is 1. The Morgan fingerprint density at radius 3 is 2.32 bits per heavy atom. The number of carbonyl (C=O) groups is 1. The molecule has 0 unspecified atom stereocenters. The fourth-order valence-electron chi connectivity index (χ4n) is 1.42. The van der Waals surface area contributed by atoms with Crippen molar-refractivity contribution in [3.05, 3.63) is 40.6 Å². The number of carboxylic acids is 1. The molecular weight excluding hydrogens is 244 g/mol. The minimum Gasteiger partial charge on any atom is -0.478 e. The number of nitrogens with zero attached hydrogens (tertiary/aromatic N) is 3. The van der Waals surface area contributed by atoms with Crippen LogP contribution in [0.25, 0.3) is 0 Å². The van der Waals surface area contributed by atoms with E-state index in [1.165, 1.54) is 12.1 Å². The zero-order valence-electron chi connectivity index (χ0n) is 9.93. The van der Waals surface area contributed by atoms with Gasteiger partial charge in [-0.15, -0.1) is 0 Å².